The lowest BCUT2D eigenvalue weighted by atomic mass is 9.97. The summed E-state index contributed by atoms with van der Waals surface area (Å²) >= 11 is 0. The number of nitrogens with zero attached hydrogens (tertiary/aromatic N) is 2. The van der Waals surface area contributed by atoms with Crippen molar-refractivity contribution in [2.24, 2.45) is 5.92 Å². The first kappa shape index (κ1) is 14.5. The van der Waals surface area contributed by atoms with Crippen molar-refractivity contribution in [1.82, 2.24) is 15.2 Å². The molecule has 0 saturated carbocycles. The molecular weight excluding hydrogens is 258 g/mol. The van der Waals surface area contributed by atoms with Crippen LogP contribution < -0.4 is 5.32 Å². The summed E-state index contributed by atoms with van der Waals surface area (Å²) in [6, 6.07) is 5.65. The summed E-state index contributed by atoms with van der Waals surface area (Å²) < 4.78 is 0. The smallest absolute Gasteiger partial charge is 0.306 e. The third-order valence-electron chi connectivity index (χ3n) is 3.51. The molecule has 1 aliphatic heterocycles. The SMILES string of the molecule is O=C(O)C1CCN(C(=O)CNCc2ccccn2)CC1. The normalized spacial score (nSPS) is 16.1. The Morgan fingerprint density at radius 3 is 2.70 bits per heavy atom. The highest BCUT2D eigenvalue weighted by Crippen LogP contribution is 2.17. The van der Waals surface area contributed by atoms with Crippen molar-refractivity contribution in [2.75, 3.05) is 19.6 Å². The minimum atomic E-state index is -0.759. The summed E-state index contributed by atoms with van der Waals surface area (Å²) in [7, 11) is 0. The van der Waals surface area contributed by atoms with Gasteiger partial charge in [0.05, 0.1) is 18.2 Å². The fraction of sp³-hybridized carbons (Fsp3) is 0.500. The van der Waals surface area contributed by atoms with Crippen molar-refractivity contribution in [3.63, 3.8) is 0 Å². The zero-order chi connectivity index (χ0) is 14.4. The molecule has 1 saturated heterocycles. The Kier molecular flexibility index (Phi) is 5.06. The van der Waals surface area contributed by atoms with Crippen molar-refractivity contribution < 1.29 is 14.7 Å². The molecule has 1 aromatic rings. The van der Waals surface area contributed by atoms with E-state index in [1.54, 1.807) is 11.1 Å². The molecule has 0 unspecified atom stereocenters. The Balaban J connectivity index is 1.69. The number of piperidine rings is 1. The molecule has 6 heteroatoms. The maximum absolute atomic E-state index is 12.0. The molecule has 6 nitrogen and oxygen atoms in total. The molecule has 108 valence electrons. The van der Waals surface area contributed by atoms with Crippen molar-refractivity contribution in [3.05, 3.63) is 30.1 Å². The summed E-state index contributed by atoms with van der Waals surface area (Å²) in [6.45, 7) is 1.87. The Morgan fingerprint density at radius 2 is 2.10 bits per heavy atom. The van der Waals surface area contributed by atoms with Gasteiger partial charge in [0.2, 0.25) is 5.91 Å². The van der Waals surface area contributed by atoms with E-state index < -0.39 is 5.97 Å². The van der Waals surface area contributed by atoms with E-state index in [2.05, 4.69) is 10.3 Å². The molecule has 0 bridgehead atoms. The first-order chi connectivity index (χ1) is 9.66. The second kappa shape index (κ2) is 7.00. The second-order valence-electron chi connectivity index (χ2n) is 4.92. The number of hydrogen-bond acceptors (Lipinski definition) is 4. The number of hydrogen-bond donors (Lipinski definition) is 2. The molecule has 0 aromatic carbocycles. The van der Waals surface area contributed by atoms with Gasteiger partial charge in [0.25, 0.3) is 0 Å². The predicted octanol–water partition coefficient (Wildman–Crippen LogP) is 0.494. The third-order valence-corrected chi connectivity index (χ3v) is 3.51. The molecule has 1 amide bonds. The van der Waals surface area contributed by atoms with Crippen LogP contribution in [-0.2, 0) is 16.1 Å². The molecule has 0 radical (unpaired) electrons. The molecule has 1 aromatic heterocycles. The third kappa shape index (κ3) is 4.03. The summed E-state index contributed by atoms with van der Waals surface area (Å²) in [5.74, 6) is -1.05. The van der Waals surface area contributed by atoms with Crippen molar-refractivity contribution in [1.29, 1.82) is 0 Å². The largest absolute Gasteiger partial charge is 0.481 e. The number of nitrogens with one attached hydrogen (secondary N) is 1. The van der Waals surface area contributed by atoms with E-state index in [1.165, 1.54) is 0 Å². The average Bonchev–Trinajstić information content (AvgIpc) is 2.48. The van der Waals surface area contributed by atoms with Crippen molar-refractivity contribution >= 4 is 11.9 Å². The van der Waals surface area contributed by atoms with E-state index in [-0.39, 0.29) is 18.4 Å². The number of pyridine rings is 1. The predicted molar refractivity (Wildman–Crippen MR) is 72.9 cm³/mol. The van der Waals surface area contributed by atoms with E-state index >= 15 is 0 Å². The minimum Gasteiger partial charge on any atom is -0.481 e. The van der Waals surface area contributed by atoms with E-state index in [0.717, 1.165) is 5.69 Å². The highest BCUT2D eigenvalue weighted by atomic mass is 16.4. The molecule has 1 aliphatic rings. The van der Waals surface area contributed by atoms with E-state index in [9.17, 15) is 9.59 Å². The van der Waals surface area contributed by atoms with Crippen LogP contribution in [0.5, 0.6) is 0 Å². The van der Waals surface area contributed by atoms with E-state index in [0.29, 0.717) is 32.5 Å². The van der Waals surface area contributed by atoms with Crippen LogP contribution in [0, 0.1) is 5.92 Å². The Bertz CT molecular complexity index is 456. The van der Waals surface area contributed by atoms with Gasteiger partial charge in [-0.1, -0.05) is 6.07 Å². The van der Waals surface area contributed by atoms with Crippen LogP contribution in [0.25, 0.3) is 0 Å². The van der Waals surface area contributed by atoms with Gasteiger partial charge in [0.1, 0.15) is 0 Å². The molecule has 20 heavy (non-hydrogen) atoms. The van der Waals surface area contributed by atoms with Gasteiger partial charge >= 0.3 is 5.97 Å². The van der Waals surface area contributed by atoms with Crippen LogP contribution in [0.15, 0.2) is 24.4 Å². The summed E-state index contributed by atoms with van der Waals surface area (Å²) in [6.07, 6.45) is 2.80. The quantitative estimate of drug-likeness (QED) is 0.818. The van der Waals surface area contributed by atoms with Gasteiger partial charge < -0.3 is 15.3 Å². The van der Waals surface area contributed by atoms with Gasteiger partial charge in [0, 0.05) is 25.8 Å². The molecule has 0 aliphatic carbocycles. The second-order valence-corrected chi connectivity index (χ2v) is 4.92. The zero-order valence-electron chi connectivity index (χ0n) is 11.3. The lowest BCUT2D eigenvalue weighted by molar-refractivity contribution is -0.145. The summed E-state index contributed by atoms with van der Waals surface area (Å²) in [5, 5.41) is 12.0. The molecule has 1 fully saturated rings. The Hall–Kier alpha value is -1.95. The molecule has 2 rings (SSSR count). The first-order valence-corrected chi connectivity index (χ1v) is 6.78. The average molecular weight is 277 g/mol. The Labute approximate surface area is 117 Å². The number of likely N-dealkylation sites (tertiary alicyclic amines) is 1. The van der Waals surface area contributed by atoms with Gasteiger partial charge in [-0.25, -0.2) is 0 Å². The highest BCUT2D eigenvalue weighted by Gasteiger charge is 2.26. The first-order valence-electron chi connectivity index (χ1n) is 6.78. The number of carbonyl (C=O) groups is 2. The lowest BCUT2D eigenvalue weighted by Crippen LogP contribution is -2.44. The highest BCUT2D eigenvalue weighted by molar-refractivity contribution is 5.78. The van der Waals surface area contributed by atoms with E-state index in [1.807, 2.05) is 18.2 Å². The number of carboxylic acid groups (broad SMARTS) is 1. The monoisotopic (exact) mass is 277 g/mol. The van der Waals surface area contributed by atoms with Crippen LogP contribution >= 0.6 is 0 Å². The number of rotatable bonds is 5. The van der Waals surface area contributed by atoms with E-state index in [4.69, 9.17) is 5.11 Å². The van der Waals surface area contributed by atoms with Crippen LogP contribution in [0.2, 0.25) is 0 Å². The van der Waals surface area contributed by atoms with Crippen molar-refractivity contribution in [3.8, 4) is 0 Å². The summed E-state index contributed by atoms with van der Waals surface area (Å²) in [5.41, 5.74) is 0.893. The number of aliphatic carboxylic acids is 1. The number of carboxylic acids is 1. The van der Waals surface area contributed by atoms with Crippen LogP contribution in [-0.4, -0.2) is 46.5 Å². The maximum Gasteiger partial charge on any atom is 0.306 e. The topological polar surface area (TPSA) is 82.5 Å². The minimum absolute atomic E-state index is 0.0183. The standard InChI is InChI=1S/C14H19N3O3/c18-13(10-15-9-12-3-1-2-6-16-12)17-7-4-11(5-8-17)14(19)20/h1-3,6,11,15H,4-5,7-10H2,(H,19,20). The maximum atomic E-state index is 12.0. The van der Waals surface area contributed by atoms with Gasteiger partial charge in [-0.2, -0.15) is 0 Å². The number of amides is 1. The van der Waals surface area contributed by atoms with Gasteiger partial charge in [0.15, 0.2) is 0 Å². The molecular formula is C14H19N3O3. The van der Waals surface area contributed by atoms with Crippen LogP contribution in [0.4, 0.5) is 0 Å². The fourth-order valence-electron chi connectivity index (χ4n) is 2.29. The van der Waals surface area contributed by atoms with Crippen LogP contribution in [0.1, 0.15) is 18.5 Å². The number of carbonyl (C=O) groups excluding carboxylic acids is 1. The van der Waals surface area contributed by atoms with Gasteiger partial charge in [-0.3, -0.25) is 14.6 Å². The Morgan fingerprint density at radius 1 is 1.35 bits per heavy atom. The molecule has 2 heterocycles. The fourth-order valence-corrected chi connectivity index (χ4v) is 2.29. The molecule has 2 N–H and O–H groups in total. The number of aromatic nitrogens is 1. The van der Waals surface area contributed by atoms with Gasteiger partial charge in [-0.05, 0) is 25.0 Å². The van der Waals surface area contributed by atoms with Crippen LogP contribution in [0.3, 0.4) is 0 Å². The molecule has 0 spiro atoms. The summed E-state index contributed by atoms with van der Waals surface area (Å²) in [4.78, 5) is 28.7. The van der Waals surface area contributed by atoms with Crippen molar-refractivity contribution in [2.45, 2.75) is 19.4 Å². The zero-order valence-corrected chi connectivity index (χ0v) is 11.3. The van der Waals surface area contributed by atoms with Gasteiger partial charge in [-0.15, -0.1) is 0 Å². The lowest BCUT2D eigenvalue weighted by Gasteiger charge is -2.30. The molecule has 0 atom stereocenters.